The van der Waals surface area contributed by atoms with Gasteiger partial charge in [0.15, 0.2) is 11.6 Å². The van der Waals surface area contributed by atoms with Crippen molar-refractivity contribution < 1.29 is 8.78 Å². The summed E-state index contributed by atoms with van der Waals surface area (Å²) in [5, 5.41) is 3.37. The van der Waals surface area contributed by atoms with E-state index in [9.17, 15) is 8.78 Å². The number of nitrogens with zero attached hydrogens (tertiary/aromatic N) is 4. The van der Waals surface area contributed by atoms with Crippen LogP contribution < -0.4 is 5.32 Å². The van der Waals surface area contributed by atoms with E-state index in [-0.39, 0.29) is 5.54 Å². The number of benzene rings is 1. The van der Waals surface area contributed by atoms with E-state index in [0.29, 0.717) is 16.9 Å². The van der Waals surface area contributed by atoms with Gasteiger partial charge in [-0.2, -0.15) is 0 Å². The molecule has 7 heteroatoms. The first-order valence-electron chi connectivity index (χ1n) is 8.63. The van der Waals surface area contributed by atoms with Gasteiger partial charge in [-0.25, -0.2) is 13.8 Å². The van der Waals surface area contributed by atoms with Crippen LogP contribution in [0.5, 0.6) is 0 Å². The molecule has 1 N–H and O–H groups in total. The van der Waals surface area contributed by atoms with Crippen molar-refractivity contribution in [3.8, 4) is 0 Å². The molecule has 3 rings (SSSR count). The van der Waals surface area contributed by atoms with E-state index in [1.54, 1.807) is 6.20 Å². The maximum absolute atomic E-state index is 13.4. The van der Waals surface area contributed by atoms with Crippen LogP contribution in [0.1, 0.15) is 20.3 Å². The van der Waals surface area contributed by atoms with Crippen LogP contribution in [0.25, 0.3) is 11.0 Å². The number of anilines is 1. The van der Waals surface area contributed by atoms with Crippen LogP contribution in [0.2, 0.25) is 0 Å². The van der Waals surface area contributed by atoms with Gasteiger partial charge in [-0.1, -0.05) is 0 Å². The molecule has 136 valence electrons. The summed E-state index contributed by atoms with van der Waals surface area (Å²) >= 11 is 0. The molecular formula is C18H25F2N5. The first kappa shape index (κ1) is 17.9. The van der Waals surface area contributed by atoms with Crippen LogP contribution >= 0.6 is 0 Å². The zero-order chi connectivity index (χ0) is 18.0. The predicted molar refractivity (Wildman–Crippen MR) is 95.7 cm³/mol. The van der Waals surface area contributed by atoms with Gasteiger partial charge in [0, 0.05) is 50.4 Å². The minimum Gasteiger partial charge on any atom is -0.364 e. The highest BCUT2D eigenvalue weighted by atomic mass is 19.2. The predicted octanol–water partition coefficient (Wildman–Crippen LogP) is 2.74. The number of nitrogens with one attached hydrogen (secondary N) is 1. The molecule has 0 spiro atoms. The van der Waals surface area contributed by atoms with E-state index in [4.69, 9.17) is 0 Å². The number of halogens is 2. The van der Waals surface area contributed by atoms with Crippen molar-refractivity contribution in [3.05, 3.63) is 30.0 Å². The smallest absolute Gasteiger partial charge is 0.161 e. The highest BCUT2D eigenvalue weighted by molar-refractivity contribution is 5.75. The zero-order valence-corrected chi connectivity index (χ0v) is 15.0. The fourth-order valence-corrected chi connectivity index (χ4v) is 2.99. The summed E-state index contributed by atoms with van der Waals surface area (Å²) in [4.78, 5) is 13.4. The molecule has 0 saturated carbocycles. The minimum atomic E-state index is -0.909. The van der Waals surface area contributed by atoms with Crippen LogP contribution in [0.15, 0.2) is 18.3 Å². The lowest BCUT2D eigenvalue weighted by Gasteiger charge is -2.35. The maximum atomic E-state index is 13.4. The van der Waals surface area contributed by atoms with Gasteiger partial charge in [-0.15, -0.1) is 0 Å². The van der Waals surface area contributed by atoms with E-state index in [1.807, 2.05) is 0 Å². The molecule has 0 amide bonds. The van der Waals surface area contributed by atoms with Gasteiger partial charge >= 0.3 is 0 Å². The maximum Gasteiger partial charge on any atom is 0.161 e. The fraction of sp³-hybridized carbons (Fsp3) is 0.556. The average Bonchev–Trinajstić information content (AvgIpc) is 2.55. The normalized spacial score (nSPS) is 17.2. The van der Waals surface area contributed by atoms with Crippen molar-refractivity contribution in [2.45, 2.75) is 25.8 Å². The summed E-state index contributed by atoms with van der Waals surface area (Å²) in [5.74, 6) is -1.25. The van der Waals surface area contributed by atoms with Crippen molar-refractivity contribution in [3.63, 3.8) is 0 Å². The van der Waals surface area contributed by atoms with Crippen LogP contribution in [0.3, 0.4) is 0 Å². The molecule has 0 bridgehead atoms. The van der Waals surface area contributed by atoms with Crippen molar-refractivity contribution in [1.29, 1.82) is 0 Å². The Balaban J connectivity index is 1.63. The Morgan fingerprint density at radius 3 is 2.40 bits per heavy atom. The van der Waals surface area contributed by atoms with E-state index in [1.165, 1.54) is 0 Å². The molecule has 0 atom stereocenters. The standard InChI is InChI=1S/C18H25F2N5/c1-18(2,4-5-25-8-6-24(3)7-9-25)23-17-12-21-15-10-13(19)14(20)11-16(15)22-17/h10-12H,4-9H2,1-3H3,(H,22,23). The Morgan fingerprint density at radius 2 is 1.72 bits per heavy atom. The third-order valence-electron chi connectivity index (χ3n) is 4.70. The second kappa shape index (κ2) is 7.17. The van der Waals surface area contributed by atoms with Gasteiger partial charge in [0.25, 0.3) is 0 Å². The Labute approximate surface area is 147 Å². The second-order valence-corrected chi connectivity index (χ2v) is 7.41. The highest BCUT2D eigenvalue weighted by Crippen LogP contribution is 2.20. The third kappa shape index (κ3) is 4.61. The van der Waals surface area contributed by atoms with Crippen molar-refractivity contribution in [2.75, 3.05) is 45.1 Å². The lowest BCUT2D eigenvalue weighted by molar-refractivity contribution is 0.147. The van der Waals surface area contributed by atoms with Crippen molar-refractivity contribution in [1.82, 2.24) is 19.8 Å². The van der Waals surface area contributed by atoms with Crippen LogP contribution in [0, 0.1) is 11.6 Å². The van der Waals surface area contributed by atoms with Gasteiger partial charge < -0.3 is 15.1 Å². The average molecular weight is 349 g/mol. The monoisotopic (exact) mass is 349 g/mol. The Kier molecular flexibility index (Phi) is 5.15. The van der Waals surface area contributed by atoms with Gasteiger partial charge in [0.1, 0.15) is 5.82 Å². The first-order chi connectivity index (χ1) is 11.8. The number of aromatic nitrogens is 2. The molecular weight excluding hydrogens is 324 g/mol. The molecule has 2 aromatic rings. The zero-order valence-electron chi connectivity index (χ0n) is 15.0. The number of fused-ring (bicyclic) bond motifs is 1. The number of likely N-dealkylation sites (N-methyl/N-ethyl adjacent to an activating group) is 1. The highest BCUT2D eigenvalue weighted by Gasteiger charge is 2.21. The van der Waals surface area contributed by atoms with Gasteiger partial charge in [-0.05, 0) is 27.3 Å². The van der Waals surface area contributed by atoms with E-state index >= 15 is 0 Å². The molecule has 0 radical (unpaired) electrons. The molecule has 5 nitrogen and oxygen atoms in total. The molecule has 1 aliphatic rings. The van der Waals surface area contributed by atoms with Gasteiger partial charge in [-0.3, -0.25) is 4.98 Å². The number of hydrogen-bond donors (Lipinski definition) is 1. The van der Waals surface area contributed by atoms with Crippen LogP contribution in [-0.2, 0) is 0 Å². The van der Waals surface area contributed by atoms with Crippen LogP contribution in [-0.4, -0.2) is 65.1 Å². The number of piperazine rings is 1. The summed E-state index contributed by atoms with van der Waals surface area (Å²) in [6.07, 6.45) is 2.52. The summed E-state index contributed by atoms with van der Waals surface area (Å²) in [7, 11) is 2.15. The van der Waals surface area contributed by atoms with Crippen molar-refractivity contribution in [2.24, 2.45) is 0 Å². The fourth-order valence-electron chi connectivity index (χ4n) is 2.99. The summed E-state index contributed by atoms with van der Waals surface area (Å²) in [5.41, 5.74) is 0.517. The number of hydrogen-bond acceptors (Lipinski definition) is 5. The summed E-state index contributed by atoms with van der Waals surface area (Å²) < 4.78 is 26.7. The molecule has 1 aromatic heterocycles. The van der Waals surface area contributed by atoms with E-state index in [0.717, 1.165) is 51.3 Å². The molecule has 0 unspecified atom stereocenters. The van der Waals surface area contributed by atoms with Crippen molar-refractivity contribution >= 4 is 16.9 Å². The quantitative estimate of drug-likeness (QED) is 0.899. The molecule has 0 aliphatic carbocycles. The topological polar surface area (TPSA) is 44.3 Å². The SMILES string of the molecule is CN1CCN(CCC(C)(C)Nc2cnc3cc(F)c(F)cc3n2)CC1. The second-order valence-electron chi connectivity index (χ2n) is 7.41. The lowest BCUT2D eigenvalue weighted by atomic mass is 10.00. The van der Waals surface area contributed by atoms with Gasteiger partial charge in [0.05, 0.1) is 17.2 Å². The first-order valence-corrected chi connectivity index (χ1v) is 8.63. The molecule has 1 aromatic carbocycles. The number of rotatable bonds is 5. The molecule has 2 heterocycles. The molecule has 1 aliphatic heterocycles. The minimum absolute atomic E-state index is 0.176. The Bertz CT molecular complexity index is 742. The van der Waals surface area contributed by atoms with Crippen LogP contribution in [0.4, 0.5) is 14.6 Å². The Morgan fingerprint density at radius 1 is 1.08 bits per heavy atom. The molecule has 25 heavy (non-hydrogen) atoms. The van der Waals surface area contributed by atoms with E-state index < -0.39 is 11.6 Å². The Hall–Kier alpha value is -1.86. The molecule has 1 fully saturated rings. The largest absolute Gasteiger partial charge is 0.364 e. The van der Waals surface area contributed by atoms with E-state index in [2.05, 4.69) is 46.0 Å². The lowest BCUT2D eigenvalue weighted by Crippen LogP contribution is -2.46. The third-order valence-corrected chi connectivity index (χ3v) is 4.70. The van der Waals surface area contributed by atoms with Gasteiger partial charge in [0.2, 0.25) is 0 Å². The summed E-state index contributed by atoms with van der Waals surface area (Å²) in [6, 6.07) is 2.15. The molecule has 1 saturated heterocycles. The summed E-state index contributed by atoms with van der Waals surface area (Å²) in [6.45, 7) is 9.62.